The maximum Gasteiger partial charge on any atom is 0.249 e. The highest BCUT2D eigenvalue weighted by Gasteiger charge is 2.36. The van der Waals surface area contributed by atoms with Crippen LogP contribution in [-0.2, 0) is 27.3 Å². The van der Waals surface area contributed by atoms with Gasteiger partial charge in [-0.15, -0.1) is 0 Å². The molecule has 1 aromatic carbocycles. The first-order chi connectivity index (χ1) is 14.5. The molecule has 0 aliphatic carbocycles. The summed E-state index contributed by atoms with van der Waals surface area (Å²) in [5, 5.41) is 0. The first-order valence-electron chi connectivity index (χ1n) is 10.1. The Morgan fingerprint density at radius 3 is 2.87 bits per heavy atom. The fourth-order valence-corrected chi connectivity index (χ4v) is 4.20. The molecule has 1 saturated heterocycles. The van der Waals surface area contributed by atoms with Gasteiger partial charge in [0.25, 0.3) is 0 Å². The average Bonchev–Trinajstić information content (AvgIpc) is 3.34. The van der Waals surface area contributed by atoms with Crippen LogP contribution in [0.2, 0.25) is 0 Å². The summed E-state index contributed by atoms with van der Waals surface area (Å²) in [7, 11) is 3.14. The molecule has 4 rings (SSSR count). The predicted octanol–water partition coefficient (Wildman–Crippen LogP) is 2.19. The molecule has 2 amide bonds. The predicted molar refractivity (Wildman–Crippen MR) is 110 cm³/mol. The van der Waals surface area contributed by atoms with Crippen LogP contribution in [0.3, 0.4) is 0 Å². The molecule has 0 radical (unpaired) electrons. The van der Waals surface area contributed by atoms with Gasteiger partial charge in [-0.2, -0.15) is 0 Å². The maximum atomic E-state index is 12.8. The van der Waals surface area contributed by atoms with E-state index in [-0.39, 0.29) is 24.5 Å². The number of aromatic nitrogens is 2. The minimum atomic E-state index is -0.189. The number of hydrogen-bond acceptors (Lipinski definition) is 6. The molecule has 30 heavy (non-hydrogen) atoms. The summed E-state index contributed by atoms with van der Waals surface area (Å²) in [6, 6.07) is 7.47. The Hall–Kier alpha value is -3.00. The molecule has 2 aromatic rings. The van der Waals surface area contributed by atoms with Crippen molar-refractivity contribution in [3.05, 3.63) is 46.9 Å². The second-order valence-corrected chi connectivity index (χ2v) is 7.66. The molecule has 1 atom stereocenters. The van der Waals surface area contributed by atoms with Crippen LogP contribution in [0.1, 0.15) is 41.5 Å². The van der Waals surface area contributed by atoms with Crippen molar-refractivity contribution in [1.82, 2.24) is 14.9 Å². The molecule has 0 saturated carbocycles. The number of aryl methyl sites for hydroxylation is 1. The monoisotopic (exact) mass is 410 g/mol. The SMILES string of the molecule is COCC(=O)N1CCC[C@@H]1c1nc(C)c2c(n1)N(Cc1cccc(OC)c1)C(=O)C2. The second-order valence-electron chi connectivity index (χ2n) is 7.66. The summed E-state index contributed by atoms with van der Waals surface area (Å²) in [6.45, 7) is 3.03. The van der Waals surface area contributed by atoms with E-state index in [2.05, 4.69) is 4.98 Å². The van der Waals surface area contributed by atoms with Gasteiger partial charge in [0.05, 0.1) is 26.1 Å². The zero-order chi connectivity index (χ0) is 21.3. The summed E-state index contributed by atoms with van der Waals surface area (Å²) < 4.78 is 10.3. The summed E-state index contributed by atoms with van der Waals surface area (Å²) in [4.78, 5) is 38.2. The molecule has 1 fully saturated rings. The summed E-state index contributed by atoms with van der Waals surface area (Å²) in [6.07, 6.45) is 1.99. The van der Waals surface area contributed by atoms with Crippen LogP contribution in [0.5, 0.6) is 5.75 Å². The van der Waals surface area contributed by atoms with Gasteiger partial charge in [0, 0.05) is 24.9 Å². The van der Waals surface area contributed by atoms with Crippen molar-refractivity contribution in [2.75, 3.05) is 32.3 Å². The number of carbonyl (C=O) groups excluding carboxylic acids is 2. The summed E-state index contributed by atoms with van der Waals surface area (Å²) >= 11 is 0. The quantitative estimate of drug-likeness (QED) is 0.726. The molecule has 8 heteroatoms. The number of amides is 2. The number of anilines is 1. The minimum absolute atomic E-state index is 0.00103. The third kappa shape index (κ3) is 3.75. The number of hydrogen-bond donors (Lipinski definition) is 0. The van der Waals surface area contributed by atoms with E-state index in [9.17, 15) is 9.59 Å². The zero-order valence-electron chi connectivity index (χ0n) is 17.6. The van der Waals surface area contributed by atoms with Gasteiger partial charge in [0.2, 0.25) is 11.8 Å². The Labute approximate surface area is 175 Å². The number of carbonyl (C=O) groups is 2. The molecule has 1 aromatic heterocycles. The summed E-state index contributed by atoms with van der Waals surface area (Å²) in [5.74, 6) is 1.93. The number of rotatable bonds is 6. The molecular weight excluding hydrogens is 384 g/mol. The third-order valence-electron chi connectivity index (χ3n) is 5.71. The van der Waals surface area contributed by atoms with Gasteiger partial charge >= 0.3 is 0 Å². The van der Waals surface area contributed by atoms with Gasteiger partial charge in [-0.1, -0.05) is 12.1 Å². The van der Waals surface area contributed by atoms with Crippen LogP contribution in [0.15, 0.2) is 24.3 Å². The number of benzene rings is 1. The Kier molecular flexibility index (Phi) is 5.67. The first kappa shape index (κ1) is 20.3. The van der Waals surface area contributed by atoms with E-state index >= 15 is 0 Å². The smallest absolute Gasteiger partial charge is 0.249 e. The van der Waals surface area contributed by atoms with E-state index in [1.165, 1.54) is 7.11 Å². The molecule has 0 N–H and O–H groups in total. The van der Waals surface area contributed by atoms with E-state index < -0.39 is 0 Å². The molecule has 8 nitrogen and oxygen atoms in total. The van der Waals surface area contributed by atoms with Crippen molar-refractivity contribution in [1.29, 1.82) is 0 Å². The van der Waals surface area contributed by atoms with Gasteiger partial charge < -0.3 is 14.4 Å². The number of fused-ring (bicyclic) bond motifs is 1. The van der Waals surface area contributed by atoms with Crippen molar-refractivity contribution in [2.24, 2.45) is 0 Å². The Morgan fingerprint density at radius 1 is 1.27 bits per heavy atom. The maximum absolute atomic E-state index is 12.8. The van der Waals surface area contributed by atoms with Crippen molar-refractivity contribution in [3.8, 4) is 5.75 Å². The zero-order valence-corrected chi connectivity index (χ0v) is 17.6. The van der Waals surface area contributed by atoms with Gasteiger partial charge in [-0.3, -0.25) is 14.5 Å². The Bertz CT molecular complexity index is 978. The molecule has 0 unspecified atom stereocenters. The van der Waals surface area contributed by atoms with E-state index in [1.54, 1.807) is 16.9 Å². The largest absolute Gasteiger partial charge is 0.497 e. The summed E-state index contributed by atoms with van der Waals surface area (Å²) in [5.41, 5.74) is 2.62. The van der Waals surface area contributed by atoms with Gasteiger partial charge in [0.1, 0.15) is 18.2 Å². The fourth-order valence-electron chi connectivity index (χ4n) is 4.20. The average molecular weight is 410 g/mol. The Balaban J connectivity index is 1.65. The van der Waals surface area contributed by atoms with Crippen molar-refractivity contribution in [3.63, 3.8) is 0 Å². The highest BCUT2D eigenvalue weighted by molar-refractivity contribution is 6.00. The Morgan fingerprint density at radius 2 is 2.10 bits per heavy atom. The minimum Gasteiger partial charge on any atom is -0.497 e. The van der Waals surface area contributed by atoms with Gasteiger partial charge in [0.15, 0.2) is 5.82 Å². The number of methoxy groups -OCH3 is 2. The molecule has 3 heterocycles. The number of ether oxygens (including phenoxy) is 2. The van der Waals surface area contributed by atoms with Crippen molar-refractivity contribution < 1.29 is 19.1 Å². The third-order valence-corrected chi connectivity index (χ3v) is 5.71. The molecule has 0 spiro atoms. The van der Waals surface area contributed by atoms with E-state index in [0.29, 0.717) is 31.2 Å². The lowest BCUT2D eigenvalue weighted by atomic mass is 10.1. The van der Waals surface area contributed by atoms with Crippen LogP contribution in [-0.4, -0.2) is 54.1 Å². The van der Waals surface area contributed by atoms with E-state index in [0.717, 1.165) is 35.4 Å². The van der Waals surface area contributed by atoms with Crippen LogP contribution < -0.4 is 9.64 Å². The first-order valence-corrected chi connectivity index (χ1v) is 10.1. The molecular formula is C22H26N4O4. The number of nitrogens with zero attached hydrogens (tertiary/aromatic N) is 4. The number of likely N-dealkylation sites (tertiary alicyclic amines) is 1. The van der Waals surface area contributed by atoms with Gasteiger partial charge in [-0.25, -0.2) is 9.97 Å². The normalized spacial score (nSPS) is 18.1. The van der Waals surface area contributed by atoms with Gasteiger partial charge in [-0.05, 0) is 37.5 Å². The lowest BCUT2D eigenvalue weighted by molar-refractivity contribution is -0.136. The standard InChI is InChI=1S/C22H26N4O4/c1-14-17-11-19(27)26(12-15-6-4-7-16(10-15)30-3)22(17)24-21(23-14)18-8-5-9-25(18)20(28)13-29-2/h4,6-7,10,18H,5,8-9,11-13H2,1-3H3/t18-/m1/s1. The van der Waals surface area contributed by atoms with Crippen molar-refractivity contribution in [2.45, 2.75) is 38.8 Å². The lowest BCUT2D eigenvalue weighted by Gasteiger charge is -2.25. The van der Waals surface area contributed by atoms with E-state index in [1.807, 2.05) is 31.2 Å². The topological polar surface area (TPSA) is 84.9 Å². The van der Waals surface area contributed by atoms with Crippen LogP contribution >= 0.6 is 0 Å². The van der Waals surface area contributed by atoms with Crippen molar-refractivity contribution >= 4 is 17.6 Å². The molecule has 2 aliphatic heterocycles. The van der Waals surface area contributed by atoms with Crippen LogP contribution in [0.4, 0.5) is 5.82 Å². The fraction of sp³-hybridized carbons (Fsp3) is 0.455. The van der Waals surface area contributed by atoms with Crippen LogP contribution in [0.25, 0.3) is 0 Å². The lowest BCUT2D eigenvalue weighted by Crippen LogP contribution is -2.34. The molecule has 158 valence electrons. The molecule has 2 aliphatic rings. The molecule has 0 bridgehead atoms. The van der Waals surface area contributed by atoms with Crippen LogP contribution in [0, 0.1) is 6.92 Å². The van der Waals surface area contributed by atoms with E-state index in [4.69, 9.17) is 14.5 Å². The highest BCUT2D eigenvalue weighted by Crippen LogP contribution is 2.35. The second kappa shape index (κ2) is 8.39. The highest BCUT2D eigenvalue weighted by atomic mass is 16.5.